The van der Waals surface area contributed by atoms with Crippen LogP contribution in [0.2, 0.25) is 5.02 Å². The Hall–Kier alpha value is -0.810. The normalized spacial score (nSPS) is 14.8. The van der Waals surface area contributed by atoms with E-state index in [1.807, 2.05) is 0 Å². The third kappa shape index (κ3) is 2.60. The van der Waals surface area contributed by atoms with E-state index in [1.165, 1.54) is 6.92 Å². The maximum absolute atomic E-state index is 9.44. The lowest BCUT2D eigenvalue weighted by Gasteiger charge is -2.24. The zero-order chi connectivity index (χ0) is 11.6. The molecule has 0 fully saturated rings. The molecule has 0 saturated heterocycles. The molecule has 0 spiro atoms. The minimum Gasteiger partial charge on any atom is -0.389 e. The summed E-state index contributed by atoms with van der Waals surface area (Å²) in [4.78, 5) is 0. The van der Waals surface area contributed by atoms with Crippen LogP contribution in [0, 0.1) is 0 Å². The van der Waals surface area contributed by atoms with Gasteiger partial charge in [0.2, 0.25) is 0 Å². The Labute approximate surface area is 93.9 Å². The summed E-state index contributed by atoms with van der Waals surface area (Å²) in [6.07, 6.45) is -1.51. The quantitative estimate of drug-likeness (QED) is 0.417. The van der Waals surface area contributed by atoms with Crippen LogP contribution in [0.1, 0.15) is 25.5 Å². The van der Waals surface area contributed by atoms with E-state index in [-0.39, 0.29) is 0 Å². The van der Waals surface area contributed by atoms with Crippen molar-refractivity contribution in [3.05, 3.63) is 28.8 Å². The summed E-state index contributed by atoms with van der Waals surface area (Å²) in [6, 6.07) is 5.12. The lowest BCUT2D eigenvalue weighted by atomic mass is 10.1. The molecule has 0 aromatic heterocycles. The Morgan fingerprint density at radius 3 is 2.40 bits per heavy atom. The van der Waals surface area contributed by atoms with Crippen LogP contribution in [-0.2, 0) is 0 Å². The summed E-state index contributed by atoms with van der Waals surface area (Å²) in [5.74, 6) is 5.62. The van der Waals surface area contributed by atoms with Crippen LogP contribution in [0.25, 0.3) is 0 Å². The van der Waals surface area contributed by atoms with Gasteiger partial charge in [0.05, 0.1) is 16.8 Å². The van der Waals surface area contributed by atoms with Gasteiger partial charge in [-0.2, -0.15) is 0 Å². The van der Waals surface area contributed by atoms with Gasteiger partial charge in [0.15, 0.2) is 0 Å². The van der Waals surface area contributed by atoms with Gasteiger partial charge in [0.1, 0.15) is 6.23 Å². The minimum atomic E-state index is -0.841. The van der Waals surface area contributed by atoms with E-state index in [4.69, 9.17) is 17.4 Å². The predicted molar refractivity (Wildman–Crippen MR) is 60.4 cm³/mol. The highest BCUT2D eigenvalue weighted by molar-refractivity contribution is 6.34. The SMILES string of the molecule is CC(O)c1cccc(N(N)C(C)O)c1Cl. The van der Waals surface area contributed by atoms with E-state index in [1.54, 1.807) is 25.1 Å². The maximum atomic E-state index is 9.44. The fourth-order valence-electron chi connectivity index (χ4n) is 1.26. The molecule has 1 aromatic carbocycles. The lowest BCUT2D eigenvalue weighted by Crippen LogP contribution is -2.39. The summed E-state index contributed by atoms with van der Waals surface area (Å²) in [6.45, 7) is 3.15. The van der Waals surface area contributed by atoms with Crippen LogP contribution >= 0.6 is 11.6 Å². The summed E-state index contributed by atoms with van der Waals surface area (Å²) < 4.78 is 0. The molecule has 1 aromatic rings. The molecule has 5 heteroatoms. The Morgan fingerprint density at radius 2 is 1.93 bits per heavy atom. The van der Waals surface area contributed by atoms with E-state index >= 15 is 0 Å². The Bertz CT molecular complexity index is 342. The molecule has 15 heavy (non-hydrogen) atoms. The van der Waals surface area contributed by atoms with Crippen molar-refractivity contribution in [2.24, 2.45) is 5.84 Å². The average molecular weight is 231 g/mol. The van der Waals surface area contributed by atoms with E-state index in [2.05, 4.69) is 0 Å². The number of halogens is 1. The molecule has 0 bridgehead atoms. The van der Waals surface area contributed by atoms with Gasteiger partial charge in [0.25, 0.3) is 0 Å². The van der Waals surface area contributed by atoms with Crippen molar-refractivity contribution >= 4 is 17.3 Å². The Morgan fingerprint density at radius 1 is 1.33 bits per heavy atom. The van der Waals surface area contributed by atoms with Crippen molar-refractivity contribution in [2.75, 3.05) is 5.01 Å². The second-order valence-corrected chi connectivity index (χ2v) is 3.77. The third-order valence-electron chi connectivity index (χ3n) is 2.14. The van der Waals surface area contributed by atoms with Gasteiger partial charge in [-0.1, -0.05) is 23.7 Å². The fourth-order valence-corrected chi connectivity index (χ4v) is 1.64. The number of benzene rings is 1. The van der Waals surface area contributed by atoms with Gasteiger partial charge in [-0.25, -0.2) is 5.84 Å². The maximum Gasteiger partial charge on any atom is 0.138 e. The molecule has 2 unspecified atom stereocenters. The van der Waals surface area contributed by atoms with E-state index in [9.17, 15) is 10.2 Å². The second kappa shape index (κ2) is 4.81. The number of anilines is 1. The van der Waals surface area contributed by atoms with Crippen molar-refractivity contribution in [1.29, 1.82) is 0 Å². The molecule has 0 aliphatic carbocycles. The number of nitrogens with two attached hydrogens (primary N) is 1. The molecule has 1 rings (SSSR count). The lowest BCUT2D eigenvalue weighted by molar-refractivity contribution is 0.188. The molecule has 0 saturated carbocycles. The number of aliphatic hydroxyl groups is 2. The summed E-state index contributed by atoms with van der Waals surface area (Å²) >= 11 is 6.05. The first kappa shape index (κ1) is 12.3. The van der Waals surface area contributed by atoms with Gasteiger partial charge in [-0.15, -0.1) is 0 Å². The van der Waals surface area contributed by atoms with Crippen LogP contribution in [0.15, 0.2) is 18.2 Å². The zero-order valence-electron chi connectivity index (χ0n) is 8.68. The average Bonchev–Trinajstić information content (AvgIpc) is 2.16. The fraction of sp³-hybridized carbons (Fsp3) is 0.400. The van der Waals surface area contributed by atoms with Gasteiger partial charge in [-0.3, -0.25) is 5.01 Å². The van der Waals surface area contributed by atoms with Crippen molar-refractivity contribution in [1.82, 2.24) is 0 Å². The van der Waals surface area contributed by atoms with Crippen LogP contribution in [0.3, 0.4) is 0 Å². The Balaban J connectivity index is 3.15. The van der Waals surface area contributed by atoms with Crippen molar-refractivity contribution in [3.8, 4) is 0 Å². The van der Waals surface area contributed by atoms with Gasteiger partial charge < -0.3 is 10.2 Å². The monoisotopic (exact) mass is 230 g/mol. The molecule has 2 atom stereocenters. The molecule has 84 valence electrons. The molecular weight excluding hydrogens is 216 g/mol. The molecule has 4 nitrogen and oxygen atoms in total. The van der Waals surface area contributed by atoms with Crippen LogP contribution in [0.5, 0.6) is 0 Å². The standard InChI is InChI=1S/C10H15ClN2O2/c1-6(14)8-4-3-5-9(10(8)11)13(12)7(2)15/h3-7,14-15H,12H2,1-2H3. The highest BCUT2D eigenvalue weighted by atomic mass is 35.5. The van der Waals surface area contributed by atoms with Crippen LogP contribution in [-0.4, -0.2) is 16.4 Å². The highest BCUT2D eigenvalue weighted by Crippen LogP contribution is 2.31. The molecule has 0 amide bonds. The molecule has 0 aliphatic rings. The van der Waals surface area contributed by atoms with Crippen LogP contribution in [0.4, 0.5) is 5.69 Å². The topological polar surface area (TPSA) is 69.7 Å². The molecule has 0 radical (unpaired) electrons. The van der Waals surface area contributed by atoms with Crippen molar-refractivity contribution in [2.45, 2.75) is 26.2 Å². The van der Waals surface area contributed by atoms with Gasteiger partial charge in [0, 0.05) is 5.56 Å². The van der Waals surface area contributed by atoms with E-state index in [0.29, 0.717) is 16.3 Å². The molecule has 0 heterocycles. The van der Waals surface area contributed by atoms with Gasteiger partial charge >= 0.3 is 0 Å². The first-order valence-corrected chi connectivity index (χ1v) is 5.01. The van der Waals surface area contributed by atoms with Gasteiger partial charge in [-0.05, 0) is 19.9 Å². The van der Waals surface area contributed by atoms with Crippen molar-refractivity contribution in [3.63, 3.8) is 0 Å². The number of hydrazine groups is 1. The third-order valence-corrected chi connectivity index (χ3v) is 2.55. The number of nitrogens with zero attached hydrogens (tertiary/aromatic N) is 1. The number of aliphatic hydroxyl groups excluding tert-OH is 2. The summed E-state index contributed by atoms with van der Waals surface area (Å²) in [5, 5.41) is 20.3. The number of rotatable bonds is 3. The summed E-state index contributed by atoms with van der Waals surface area (Å²) in [5.41, 5.74) is 1.08. The predicted octanol–water partition coefficient (Wildman–Crippen LogP) is 1.41. The zero-order valence-corrected chi connectivity index (χ0v) is 9.44. The van der Waals surface area contributed by atoms with E-state index < -0.39 is 12.3 Å². The second-order valence-electron chi connectivity index (χ2n) is 3.40. The molecular formula is C10H15ClN2O2. The number of hydrogen-bond donors (Lipinski definition) is 3. The first-order chi connectivity index (χ1) is 6.95. The van der Waals surface area contributed by atoms with E-state index in [0.717, 1.165) is 5.01 Å². The van der Waals surface area contributed by atoms with Crippen LogP contribution < -0.4 is 10.9 Å². The first-order valence-electron chi connectivity index (χ1n) is 4.63. The number of hydrogen-bond acceptors (Lipinski definition) is 4. The minimum absolute atomic E-state index is 0.357. The largest absolute Gasteiger partial charge is 0.389 e. The molecule has 4 N–H and O–H groups in total. The molecule has 0 aliphatic heterocycles. The Kier molecular flexibility index (Phi) is 3.93. The highest BCUT2D eigenvalue weighted by Gasteiger charge is 2.15. The smallest absolute Gasteiger partial charge is 0.138 e. The van der Waals surface area contributed by atoms with Crippen molar-refractivity contribution < 1.29 is 10.2 Å². The summed E-state index contributed by atoms with van der Waals surface area (Å²) in [7, 11) is 0.